The number of hydrogen-bond donors (Lipinski definition) is 5. The van der Waals surface area contributed by atoms with Crippen LogP contribution in [-0.4, -0.2) is 42.9 Å². The molecule has 0 heterocycles. The number of nitrogens with one attached hydrogen (secondary N) is 2. The predicted octanol–water partition coefficient (Wildman–Crippen LogP) is 1.94. The van der Waals surface area contributed by atoms with Crippen molar-refractivity contribution in [2.45, 2.75) is 25.4 Å². The molecule has 0 aliphatic heterocycles. The fourth-order valence-corrected chi connectivity index (χ4v) is 2.76. The Kier molecular flexibility index (Phi) is 9.27. The van der Waals surface area contributed by atoms with Gasteiger partial charge >= 0.3 is 0 Å². The van der Waals surface area contributed by atoms with Crippen molar-refractivity contribution in [1.82, 2.24) is 5.32 Å². The Balaban J connectivity index is 1.68. The number of ether oxygens (including phenoxy) is 1. The molecular formula is C21H29N3O4. The maximum absolute atomic E-state index is 10.5. The minimum atomic E-state index is -0.763. The van der Waals surface area contributed by atoms with Crippen LogP contribution >= 0.6 is 0 Å². The smallest absolute Gasteiger partial charge is 0.211 e. The molecule has 0 aliphatic rings. The summed E-state index contributed by atoms with van der Waals surface area (Å²) in [6, 6.07) is 12.7. The summed E-state index contributed by atoms with van der Waals surface area (Å²) in [6.07, 6.45) is 2.87. The predicted molar refractivity (Wildman–Crippen MR) is 110 cm³/mol. The van der Waals surface area contributed by atoms with Gasteiger partial charge in [0.15, 0.2) is 0 Å². The Morgan fingerprint density at radius 3 is 2.64 bits per heavy atom. The van der Waals surface area contributed by atoms with Crippen LogP contribution in [0.25, 0.3) is 0 Å². The topological polar surface area (TPSA) is 117 Å². The molecular weight excluding hydrogens is 358 g/mol. The van der Waals surface area contributed by atoms with Gasteiger partial charge < -0.3 is 31.3 Å². The van der Waals surface area contributed by atoms with E-state index in [0.717, 1.165) is 31.6 Å². The largest absolute Gasteiger partial charge is 0.506 e. The summed E-state index contributed by atoms with van der Waals surface area (Å²) >= 11 is 0. The van der Waals surface area contributed by atoms with E-state index in [-0.39, 0.29) is 11.4 Å². The first-order chi connectivity index (χ1) is 13.6. The first kappa shape index (κ1) is 21.7. The molecule has 0 spiro atoms. The van der Waals surface area contributed by atoms with Crippen molar-refractivity contribution in [3.63, 3.8) is 0 Å². The van der Waals surface area contributed by atoms with Crippen molar-refractivity contribution in [1.29, 1.82) is 0 Å². The van der Waals surface area contributed by atoms with E-state index in [9.17, 15) is 15.0 Å². The summed E-state index contributed by atoms with van der Waals surface area (Å²) in [4.78, 5) is 10.5. The molecule has 2 rings (SSSR count). The second-order valence-electron chi connectivity index (χ2n) is 6.50. The number of anilines is 1. The Labute approximate surface area is 165 Å². The van der Waals surface area contributed by atoms with Crippen molar-refractivity contribution < 1.29 is 19.7 Å². The van der Waals surface area contributed by atoms with Crippen molar-refractivity contribution in [3.8, 4) is 11.5 Å². The van der Waals surface area contributed by atoms with Crippen molar-refractivity contribution >= 4 is 12.1 Å². The van der Waals surface area contributed by atoms with Gasteiger partial charge in [0.25, 0.3) is 0 Å². The molecule has 28 heavy (non-hydrogen) atoms. The van der Waals surface area contributed by atoms with Gasteiger partial charge in [0.1, 0.15) is 18.1 Å². The van der Waals surface area contributed by atoms with Crippen LogP contribution in [0.4, 0.5) is 5.69 Å². The Morgan fingerprint density at radius 2 is 1.93 bits per heavy atom. The number of amides is 1. The van der Waals surface area contributed by atoms with Gasteiger partial charge in [0, 0.05) is 13.1 Å². The molecule has 0 bridgehead atoms. The van der Waals surface area contributed by atoms with Crippen LogP contribution < -0.4 is 21.1 Å². The summed E-state index contributed by atoms with van der Waals surface area (Å²) in [7, 11) is 0. The highest BCUT2D eigenvalue weighted by Crippen LogP contribution is 2.26. The van der Waals surface area contributed by atoms with Crippen LogP contribution in [0, 0.1) is 0 Å². The van der Waals surface area contributed by atoms with Crippen molar-refractivity contribution in [2.75, 3.05) is 31.6 Å². The highest BCUT2D eigenvalue weighted by Gasteiger charge is 2.10. The number of phenolic OH excluding ortho intramolecular Hbond substituents is 1. The van der Waals surface area contributed by atoms with E-state index in [4.69, 9.17) is 10.5 Å². The molecule has 0 radical (unpaired) electrons. The van der Waals surface area contributed by atoms with Crippen LogP contribution in [-0.2, 0) is 11.2 Å². The van der Waals surface area contributed by atoms with Crippen LogP contribution in [0.3, 0.4) is 0 Å². The molecule has 0 aliphatic carbocycles. The van der Waals surface area contributed by atoms with Gasteiger partial charge in [-0.1, -0.05) is 18.2 Å². The summed E-state index contributed by atoms with van der Waals surface area (Å²) in [5.41, 5.74) is 7.65. The monoisotopic (exact) mass is 387 g/mol. The number of rotatable bonds is 13. The Morgan fingerprint density at radius 1 is 1.14 bits per heavy atom. The quantitative estimate of drug-likeness (QED) is 0.204. The average molecular weight is 387 g/mol. The molecule has 152 valence electrons. The number of nitrogens with two attached hydrogens (primary N) is 1. The Bertz CT molecular complexity index is 722. The number of unbranched alkanes of at least 4 members (excludes halogenated alkanes) is 1. The normalized spacial score (nSPS) is 11.8. The lowest BCUT2D eigenvalue weighted by atomic mass is 10.1. The molecule has 2 aromatic rings. The lowest BCUT2D eigenvalue weighted by molar-refractivity contribution is -0.105. The molecule has 0 fully saturated rings. The SMILES string of the molecule is NCCCCc1ccc(OCCNC[C@H](O)c2ccc(O)c(NC=O)c2)cc1. The molecule has 0 saturated heterocycles. The fourth-order valence-electron chi connectivity index (χ4n) is 2.76. The molecule has 1 atom stereocenters. The van der Waals surface area contributed by atoms with Gasteiger partial charge in [-0.25, -0.2) is 0 Å². The molecule has 1 amide bonds. The van der Waals surface area contributed by atoms with E-state index in [2.05, 4.69) is 22.8 Å². The van der Waals surface area contributed by atoms with E-state index in [0.29, 0.717) is 31.7 Å². The highest BCUT2D eigenvalue weighted by atomic mass is 16.5. The lowest BCUT2D eigenvalue weighted by Crippen LogP contribution is -2.26. The number of aryl methyl sites for hydroxylation is 1. The molecule has 0 unspecified atom stereocenters. The maximum Gasteiger partial charge on any atom is 0.211 e. The van der Waals surface area contributed by atoms with E-state index in [1.807, 2.05) is 12.1 Å². The second-order valence-corrected chi connectivity index (χ2v) is 6.50. The minimum Gasteiger partial charge on any atom is -0.506 e. The minimum absolute atomic E-state index is 0.0465. The second kappa shape index (κ2) is 12.0. The van der Waals surface area contributed by atoms with Crippen LogP contribution in [0.2, 0.25) is 0 Å². The van der Waals surface area contributed by atoms with Gasteiger partial charge in [-0.05, 0) is 61.2 Å². The third-order valence-corrected chi connectivity index (χ3v) is 4.35. The number of aliphatic hydroxyl groups excluding tert-OH is 1. The standard InChI is InChI=1S/C21H29N3O4/c22-10-2-1-3-16-4-7-18(8-5-16)28-12-11-23-14-21(27)17-6-9-20(26)19(13-17)24-15-25/h4-9,13,15,21,23,26-27H,1-3,10-12,14,22H2,(H,24,25)/t21-/m0/s1. The highest BCUT2D eigenvalue weighted by molar-refractivity contribution is 5.75. The Hall–Kier alpha value is -2.61. The zero-order valence-corrected chi connectivity index (χ0v) is 15.9. The zero-order valence-electron chi connectivity index (χ0n) is 15.9. The molecule has 7 nitrogen and oxygen atoms in total. The zero-order chi connectivity index (χ0) is 20.2. The van der Waals surface area contributed by atoms with Crippen molar-refractivity contribution in [3.05, 3.63) is 53.6 Å². The van der Waals surface area contributed by atoms with E-state index in [1.165, 1.54) is 11.6 Å². The van der Waals surface area contributed by atoms with Crippen LogP contribution in [0.5, 0.6) is 11.5 Å². The van der Waals surface area contributed by atoms with E-state index < -0.39 is 6.10 Å². The first-order valence-corrected chi connectivity index (χ1v) is 9.47. The van der Waals surface area contributed by atoms with Crippen molar-refractivity contribution in [2.24, 2.45) is 5.73 Å². The summed E-state index contributed by atoms with van der Waals surface area (Å²) in [5.74, 6) is 0.767. The summed E-state index contributed by atoms with van der Waals surface area (Å²) < 4.78 is 5.69. The number of benzene rings is 2. The van der Waals surface area contributed by atoms with Crippen LogP contribution in [0.15, 0.2) is 42.5 Å². The molecule has 6 N–H and O–H groups in total. The van der Waals surface area contributed by atoms with Gasteiger partial charge in [-0.3, -0.25) is 4.79 Å². The van der Waals surface area contributed by atoms with Gasteiger partial charge in [-0.15, -0.1) is 0 Å². The van der Waals surface area contributed by atoms with E-state index in [1.54, 1.807) is 12.1 Å². The van der Waals surface area contributed by atoms with Gasteiger partial charge in [0.2, 0.25) is 6.41 Å². The lowest BCUT2D eigenvalue weighted by Gasteiger charge is -2.14. The number of hydrogen-bond acceptors (Lipinski definition) is 6. The maximum atomic E-state index is 10.5. The van der Waals surface area contributed by atoms with Gasteiger partial charge in [-0.2, -0.15) is 0 Å². The molecule has 0 aromatic heterocycles. The van der Waals surface area contributed by atoms with Gasteiger partial charge in [0.05, 0.1) is 11.8 Å². The summed E-state index contributed by atoms with van der Waals surface area (Å²) in [5, 5.41) is 25.4. The number of aromatic hydroxyl groups is 1. The average Bonchev–Trinajstić information content (AvgIpc) is 2.70. The summed E-state index contributed by atoms with van der Waals surface area (Å²) in [6.45, 7) is 2.11. The number of carbonyl (C=O) groups excluding carboxylic acids is 1. The molecule has 0 saturated carbocycles. The number of aliphatic hydroxyl groups is 1. The third-order valence-electron chi connectivity index (χ3n) is 4.35. The molecule has 2 aromatic carbocycles. The number of phenols is 1. The van der Waals surface area contributed by atoms with E-state index >= 15 is 0 Å². The fraction of sp³-hybridized carbons (Fsp3) is 0.381. The molecule has 7 heteroatoms. The third kappa shape index (κ3) is 7.19. The number of carbonyl (C=O) groups is 1. The van der Waals surface area contributed by atoms with Crippen LogP contribution in [0.1, 0.15) is 30.1 Å². The first-order valence-electron chi connectivity index (χ1n) is 9.47.